The van der Waals surface area contributed by atoms with E-state index in [1.807, 2.05) is 0 Å². The van der Waals surface area contributed by atoms with Crippen molar-refractivity contribution in [3.63, 3.8) is 0 Å². The Hall–Kier alpha value is -3.89. The van der Waals surface area contributed by atoms with Crippen molar-refractivity contribution in [1.82, 2.24) is 9.47 Å². The lowest BCUT2D eigenvalue weighted by Crippen LogP contribution is -2.49. The van der Waals surface area contributed by atoms with Gasteiger partial charge in [-0.25, -0.2) is 0 Å². The van der Waals surface area contributed by atoms with Crippen LogP contribution in [-0.2, 0) is 18.9 Å². The summed E-state index contributed by atoms with van der Waals surface area (Å²) in [5.41, 5.74) is 0.990. The van der Waals surface area contributed by atoms with Crippen molar-refractivity contribution in [2.75, 3.05) is 31.1 Å². The SMILES string of the molecule is Cc1cc2c(cc(C(=O)N3CCN(c4cccc(C(F)(F)F)c4)CC3)n2Cc2ccc(C(F)(F)F)cc2)o1. The van der Waals surface area contributed by atoms with Gasteiger partial charge in [-0.3, -0.25) is 4.79 Å². The molecule has 0 atom stereocenters. The van der Waals surface area contributed by atoms with Crippen LogP contribution in [0.25, 0.3) is 11.1 Å². The van der Waals surface area contributed by atoms with Crippen LogP contribution in [-0.4, -0.2) is 41.6 Å². The molecule has 1 aliphatic heterocycles. The summed E-state index contributed by atoms with van der Waals surface area (Å²) >= 11 is 0. The first-order chi connectivity index (χ1) is 17.9. The van der Waals surface area contributed by atoms with Gasteiger partial charge in [0.15, 0.2) is 5.58 Å². The van der Waals surface area contributed by atoms with E-state index in [2.05, 4.69) is 0 Å². The number of aryl methyl sites for hydroxylation is 1. The van der Waals surface area contributed by atoms with Gasteiger partial charge in [0.25, 0.3) is 5.91 Å². The van der Waals surface area contributed by atoms with Crippen LogP contribution in [0.2, 0.25) is 0 Å². The number of fused-ring (bicyclic) bond motifs is 1. The van der Waals surface area contributed by atoms with Gasteiger partial charge in [0.2, 0.25) is 0 Å². The number of carbonyl (C=O) groups is 1. The lowest BCUT2D eigenvalue weighted by atomic mass is 10.1. The largest absolute Gasteiger partial charge is 0.460 e. The van der Waals surface area contributed by atoms with E-state index in [1.54, 1.807) is 39.5 Å². The molecule has 1 fully saturated rings. The highest BCUT2D eigenvalue weighted by molar-refractivity contribution is 5.98. The summed E-state index contributed by atoms with van der Waals surface area (Å²) in [5, 5.41) is 0. The molecule has 4 aromatic rings. The number of nitrogens with zero attached hydrogens (tertiary/aromatic N) is 3. The van der Waals surface area contributed by atoms with Gasteiger partial charge < -0.3 is 18.8 Å². The summed E-state index contributed by atoms with van der Waals surface area (Å²) in [5.74, 6) is 0.342. The van der Waals surface area contributed by atoms with E-state index >= 15 is 0 Å². The van der Waals surface area contributed by atoms with E-state index in [0.29, 0.717) is 60.0 Å². The summed E-state index contributed by atoms with van der Waals surface area (Å²) in [6, 6.07) is 13.2. The molecule has 1 amide bonds. The zero-order valence-electron chi connectivity index (χ0n) is 20.2. The zero-order valence-corrected chi connectivity index (χ0v) is 20.2. The van der Waals surface area contributed by atoms with E-state index in [-0.39, 0.29) is 12.5 Å². The number of amides is 1. The summed E-state index contributed by atoms with van der Waals surface area (Å²) < 4.78 is 85.7. The highest BCUT2D eigenvalue weighted by Gasteiger charge is 2.32. The molecule has 200 valence electrons. The van der Waals surface area contributed by atoms with Gasteiger partial charge in [0, 0.05) is 50.5 Å². The number of halogens is 6. The second-order valence-corrected chi connectivity index (χ2v) is 9.24. The predicted octanol–water partition coefficient (Wildman–Crippen LogP) is 6.59. The van der Waals surface area contributed by atoms with E-state index in [9.17, 15) is 31.1 Å². The molecule has 0 unspecified atom stereocenters. The minimum atomic E-state index is -4.45. The Morgan fingerprint density at radius 3 is 2.13 bits per heavy atom. The lowest BCUT2D eigenvalue weighted by molar-refractivity contribution is -0.138. The van der Waals surface area contributed by atoms with Gasteiger partial charge in [-0.05, 0) is 42.8 Å². The number of hydrogen-bond acceptors (Lipinski definition) is 3. The standard InChI is InChI=1S/C27H23F6N3O2/c1-17-13-22-24(38-17)15-23(36(22)16-18-5-7-19(8-6-18)26(28,29)30)25(37)35-11-9-34(10-12-35)21-4-2-3-20(14-21)27(31,32)33/h2-8,13-15H,9-12,16H2,1H3. The number of aromatic nitrogens is 1. The molecule has 0 radical (unpaired) electrons. The van der Waals surface area contributed by atoms with E-state index in [4.69, 9.17) is 4.42 Å². The number of benzene rings is 2. The van der Waals surface area contributed by atoms with Crippen LogP contribution in [0, 0.1) is 6.92 Å². The van der Waals surface area contributed by atoms with Crippen molar-refractivity contribution in [2.45, 2.75) is 25.8 Å². The Morgan fingerprint density at radius 1 is 0.842 bits per heavy atom. The fourth-order valence-electron chi connectivity index (χ4n) is 4.70. The molecule has 0 aliphatic carbocycles. The van der Waals surface area contributed by atoms with E-state index in [1.165, 1.54) is 18.2 Å². The van der Waals surface area contributed by atoms with Crippen LogP contribution in [0.5, 0.6) is 0 Å². The van der Waals surface area contributed by atoms with Crippen LogP contribution in [0.15, 0.2) is 65.1 Å². The van der Waals surface area contributed by atoms with Crippen molar-refractivity contribution < 1.29 is 35.6 Å². The maximum Gasteiger partial charge on any atom is 0.416 e. The molecule has 1 aliphatic rings. The lowest BCUT2D eigenvalue weighted by Gasteiger charge is -2.36. The minimum Gasteiger partial charge on any atom is -0.460 e. The minimum absolute atomic E-state index is 0.159. The molecule has 38 heavy (non-hydrogen) atoms. The van der Waals surface area contributed by atoms with E-state index < -0.39 is 23.5 Å². The number of hydrogen-bond donors (Lipinski definition) is 0. The molecular weight excluding hydrogens is 512 g/mol. The van der Waals surface area contributed by atoms with Gasteiger partial charge in [0.1, 0.15) is 11.5 Å². The van der Waals surface area contributed by atoms with Crippen molar-refractivity contribution in [1.29, 1.82) is 0 Å². The van der Waals surface area contributed by atoms with Crippen LogP contribution >= 0.6 is 0 Å². The van der Waals surface area contributed by atoms with Crippen molar-refractivity contribution in [3.8, 4) is 0 Å². The number of carbonyl (C=O) groups excluding carboxylic acids is 1. The Kier molecular flexibility index (Phi) is 6.40. The molecule has 5 rings (SSSR count). The Balaban J connectivity index is 1.35. The smallest absolute Gasteiger partial charge is 0.416 e. The van der Waals surface area contributed by atoms with Gasteiger partial charge in [0.05, 0.1) is 16.6 Å². The average molecular weight is 535 g/mol. The highest BCUT2D eigenvalue weighted by Crippen LogP contribution is 2.33. The number of alkyl halides is 6. The molecule has 1 saturated heterocycles. The zero-order chi connectivity index (χ0) is 27.2. The number of furan rings is 1. The molecule has 0 saturated carbocycles. The molecule has 0 bridgehead atoms. The van der Waals surface area contributed by atoms with Crippen LogP contribution < -0.4 is 4.90 Å². The fourth-order valence-corrected chi connectivity index (χ4v) is 4.70. The summed E-state index contributed by atoms with van der Waals surface area (Å²) in [6.07, 6.45) is -8.89. The molecule has 5 nitrogen and oxygen atoms in total. The van der Waals surface area contributed by atoms with Crippen molar-refractivity contribution in [3.05, 3.63) is 88.8 Å². The normalized spacial score (nSPS) is 14.9. The van der Waals surface area contributed by atoms with Crippen LogP contribution in [0.3, 0.4) is 0 Å². The molecule has 3 heterocycles. The first-order valence-electron chi connectivity index (χ1n) is 11.9. The first kappa shape index (κ1) is 25.7. The molecule has 0 N–H and O–H groups in total. The van der Waals surface area contributed by atoms with Gasteiger partial charge >= 0.3 is 12.4 Å². The topological polar surface area (TPSA) is 41.6 Å². The quantitative estimate of drug-likeness (QED) is 0.277. The second-order valence-electron chi connectivity index (χ2n) is 9.24. The Bertz CT molecular complexity index is 1460. The number of rotatable bonds is 4. The highest BCUT2D eigenvalue weighted by atomic mass is 19.4. The first-order valence-corrected chi connectivity index (χ1v) is 11.9. The van der Waals surface area contributed by atoms with E-state index in [0.717, 1.165) is 24.3 Å². The third kappa shape index (κ3) is 5.09. The van der Waals surface area contributed by atoms with Crippen LogP contribution in [0.1, 0.15) is 32.9 Å². The summed E-state index contributed by atoms with van der Waals surface area (Å²) in [4.78, 5) is 16.9. The Morgan fingerprint density at radius 2 is 1.50 bits per heavy atom. The van der Waals surface area contributed by atoms with Crippen molar-refractivity contribution in [2.24, 2.45) is 0 Å². The third-order valence-electron chi connectivity index (χ3n) is 6.66. The fraction of sp³-hybridized carbons (Fsp3) is 0.296. The van der Waals surface area contributed by atoms with Gasteiger partial charge in [-0.15, -0.1) is 0 Å². The maximum absolute atomic E-state index is 13.5. The monoisotopic (exact) mass is 535 g/mol. The number of anilines is 1. The molecule has 0 spiro atoms. The summed E-state index contributed by atoms with van der Waals surface area (Å²) in [7, 11) is 0. The third-order valence-corrected chi connectivity index (χ3v) is 6.66. The van der Waals surface area contributed by atoms with Gasteiger partial charge in [-0.2, -0.15) is 26.3 Å². The maximum atomic E-state index is 13.5. The number of piperazine rings is 1. The van der Waals surface area contributed by atoms with Gasteiger partial charge in [-0.1, -0.05) is 18.2 Å². The predicted molar refractivity (Wildman–Crippen MR) is 129 cm³/mol. The summed E-state index contributed by atoms with van der Waals surface area (Å²) in [6.45, 7) is 3.20. The molecular formula is C27H23F6N3O2. The molecule has 2 aromatic heterocycles. The van der Waals surface area contributed by atoms with Crippen molar-refractivity contribution >= 4 is 22.7 Å². The van der Waals surface area contributed by atoms with Crippen LogP contribution in [0.4, 0.5) is 32.0 Å². The Labute approximate surface area is 213 Å². The second kappa shape index (κ2) is 9.45. The average Bonchev–Trinajstić information content (AvgIpc) is 3.39. The molecule has 11 heteroatoms. The molecule has 2 aromatic carbocycles.